The van der Waals surface area contributed by atoms with Crippen LogP contribution in [0.25, 0.3) is 11.1 Å². The van der Waals surface area contributed by atoms with Crippen molar-refractivity contribution in [2.45, 2.75) is 27.7 Å². The fourth-order valence-corrected chi connectivity index (χ4v) is 3.11. The summed E-state index contributed by atoms with van der Waals surface area (Å²) in [4.78, 5) is 3.78. The van der Waals surface area contributed by atoms with Crippen LogP contribution < -0.4 is 4.90 Å². The first-order chi connectivity index (χ1) is 8.67. The molecule has 0 aliphatic carbocycles. The lowest BCUT2D eigenvalue weighted by molar-refractivity contribution is 0.866. The van der Waals surface area contributed by atoms with Gasteiger partial charge in [0.05, 0.1) is 0 Å². The first-order valence-corrected chi connectivity index (χ1v) is 7.45. The number of hydrogen-bond donors (Lipinski definition) is 0. The molecule has 2 rings (SSSR count). The maximum Gasteiger partial charge on any atom is 0.0369 e. The molecule has 0 aliphatic heterocycles. The van der Waals surface area contributed by atoms with E-state index in [0.29, 0.717) is 0 Å². The van der Waals surface area contributed by atoms with E-state index in [1.165, 1.54) is 27.3 Å². The quantitative estimate of drug-likeness (QED) is 0.756. The zero-order chi connectivity index (χ0) is 13.1. The van der Waals surface area contributed by atoms with Crippen LogP contribution in [0.2, 0.25) is 0 Å². The second-order valence-corrected chi connectivity index (χ2v) is 5.68. The standard InChI is InChI=1S/C16H21NS/c1-5-17(6-2)14-7-8-15(12(3)11-14)16-9-10-18-13(16)4/h7-11H,5-6H2,1-4H3. The molecule has 1 aromatic heterocycles. The van der Waals surface area contributed by atoms with Crippen LogP contribution >= 0.6 is 11.3 Å². The largest absolute Gasteiger partial charge is 0.372 e. The van der Waals surface area contributed by atoms with Crippen molar-refractivity contribution in [1.29, 1.82) is 0 Å². The average Bonchev–Trinajstić information content (AvgIpc) is 2.77. The maximum atomic E-state index is 2.39. The second-order valence-electron chi connectivity index (χ2n) is 4.56. The van der Waals surface area contributed by atoms with Crippen LogP contribution in [-0.2, 0) is 0 Å². The van der Waals surface area contributed by atoms with Crippen molar-refractivity contribution < 1.29 is 0 Å². The Balaban J connectivity index is 2.40. The lowest BCUT2D eigenvalue weighted by Crippen LogP contribution is -2.21. The van der Waals surface area contributed by atoms with E-state index in [1.807, 2.05) is 11.3 Å². The highest BCUT2D eigenvalue weighted by Crippen LogP contribution is 2.32. The summed E-state index contributed by atoms with van der Waals surface area (Å²) >= 11 is 1.82. The van der Waals surface area contributed by atoms with Gasteiger partial charge in [-0.05, 0) is 68.0 Å². The van der Waals surface area contributed by atoms with Crippen molar-refractivity contribution in [1.82, 2.24) is 0 Å². The van der Waals surface area contributed by atoms with E-state index < -0.39 is 0 Å². The van der Waals surface area contributed by atoms with E-state index in [-0.39, 0.29) is 0 Å². The SMILES string of the molecule is CCN(CC)c1ccc(-c2ccsc2C)c(C)c1. The predicted octanol–water partition coefficient (Wildman–Crippen LogP) is 4.88. The van der Waals surface area contributed by atoms with Crippen LogP contribution in [0.3, 0.4) is 0 Å². The van der Waals surface area contributed by atoms with Crippen molar-refractivity contribution in [3.05, 3.63) is 40.1 Å². The molecule has 0 fully saturated rings. The van der Waals surface area contributed by atoms with Gasteiger partial charge in [-0.2, -0.15) is 0 Å². The number of hydrogen-bond acceptors (Lipinski definition) is 2. The van der Waals surface area contributed by atoms with Gasteiger partial charge in [0, 0.05) is 23.7 Å². The fraction of sp³-hybridized carbons (Fsp3) is 0.375. The minimum atomic E-state index is 1.06. The molecule has 0 amide bonds. The zero-order valence-corrected chi connectivity index (χ0v) is 12.5. The monoisotopic (exact) mass is 259 g/mol. The summed E-state index contributed by atoms with van der Waals surface area (Å²) in [6.07, 6.45) is 0. The molecule has 0 aliphatic rings. The first-order valence-electron chi connectivity index (χ1n) is 6.57. The van der Waals surface area contributed by atoms with Crippen molar-refractivity contribution in [2.24, 2.45) is 0 Å². The summed E-state index contributed by atoms with van der Waals surface area (Å²) in [6.45, 7) is 10.9. The van der Waals surface area contributed by atoms with E-state index in [1.54, 1.807) is 0 Å². The third-order valence-electron chi connectivity index (χ3n) is 3.49. The van der Waals surface area contributed by atoms with Crippen LogP contribution in [-0.4, -0.2) is 13.1 Å². The van der Waals surface area contributed by atoms with Crippen molar-refractivity contribution >= 4 is 17.0 Å². The van der Waals surface area contributed by atoms with Gasteiger partial charge in [0.1, 0.15) is 0 Å². The Labute approximate surface area is 114 Å². The van der Waals surface area contributed by atoms with E-state index in [4.69, 9.17) is 0 Å². The summed E-state index contributed by atoms with van der Waals surface area (Å²) < 4.78 is 0. The molecule has 0 N–H and O–H groups in total. The highest BCUT2D eigenvalue weighted by atomic mass is 32.1. The number of rotatable bonds is 4. The molecule has 0 radical (unpaired) electrons. The topological polar surface area (TPSA) is 3.24 Å². The van der Waals surface area contributed by atoms with E-state index in [0.717, 1.165) is 13.1 Å². The summed E-state index contributed by atoms with van der Waals surface area (Å²) in [6, 6.07) is 9.03. The molecule has 0 unspecified atom stereocenters. The molecule has 0 bridgehead atoms. The van der Waals surface area contributed by atoms with Gasteiger partial charge in [0.25, 0.3) is 0 Å². The van der Waals surface area contributed by atoms with Gasteiger partial charge >= 0.3 is 0 Å². The Morgan fingerprint density at radius 1 is 1.00 bits per heavy atom. The smallest absolute Gasteiger partial charge is 0.0369 e. The van der Waals surface area contributed by atoms with Gasteiger partial charge in [0.2, 0.25) is 0 Å². The number of aryl methyl sites for hydroxylation is 2. The molecule has 0 saturated carbocycles. The van der Waals surface area contributed by atoms with Gasteiger partial charge < -0.3 is 4.90 Å². The molecule has 0 atom stereocenters. The minimum Gasteiger partial charge on any atom is -0.372 e. The maximum absolute atomic E-state index is 2.39. The lowest BCUT2D eigenvalue weighted by Gasteiger charge is -2.22. The number of anilines is 1. The summed E-state index contributed by atoms with van der Waals surface area (Å²) in [7, 11) is 0. The highest BCUT2D eigenvalue weighted by Gasteiger charge is 2.08. The molecule has 1 heterocycles. The predicted molar refractivity (Wildman–Crippen MR) is 82.8 cm³/mol. The lowest BCUT2D eigenvalue weighted by atomic mass is 10.0. The summed E-state index contributed by atoms with van der Waals surface area (Å²) in [5.41, 5.74) is 5.43. The van der Waals surface area contributed by atoms with Gasteiger partial charge in [0.15, 0.2) is 0 Å². The Morgan fingerprint density at radius 2 is 1.72 bits per heavy atom. The third kappa shape index (κ3) is 2.44. The first kappa shape index (κ1) is 13.2. The van der Waals surface area contributed by atoms with Crippen LogP contribution in [0.5, 0.6) is 0 Å². The van der Waals surface area contributed by atoms with Crippen LogP contribution in [0.1, 0.15) is 24.3 Å². The fourth-order valence-electron chi connectivity index (χ4n) is 2.40. The summed E-state index contributed by atoms with van der Waals surface area (Å²) in [5.74, 6) is 0. The molecule has 96 valence electrons. The molecule has 1 aromatic carbocycles. The Morgan fingerprint density at radius 3 is 2.22 bits per heavy atom. The van der Waals surface area contributed by atoms with Crippen LogP contribution in [0.15, 0.2) is 29.6 Å². The number of thiophene rings is 1. The van der Waals surface area contributed by atoms with Gasteiger partial charge in [-0.1, -0.05) is 6.07 Å². The molecule has 0 spiro atoms. The Kier molecular flexibility index (Phi) is 4.07. The molecule has 2 aromatic rings. The van der Waals surface area contributed by atoms with Crippen molar-refractivity contribution in [2.75, 3.05) is 18.0 Å². The highest BCUT2D eigenvalue weighted by molar-refractivity contribution is 7.10. The molecule has 0 saturated heterocycles. The minimum absolute atomic E-state index is 1.06. The Hall–Kier alpha value is -1.28. The van der Waals surface area contributed by atoms with Gasteiger partial charge in [-0.15, -0.1) is 11.3 Å². The van der Waals surface area contributed by atoms with Crippen LogP contribution in [0.4, 0.5) is 5.69 Å². The van der Waals surface area contributed by atoms with E-state index in [9.17, 15) is 0 Å². The molecule has 18 heavy (non-hydrogen) atoms. The zero-order valence-electron chi connectivity index (χ0n) is 11.7. The summed E-state index contributed by atoms with van der Waals surface area (Å²) in [5, 5.41) is 2.17. The van der Waals surface area contributed by atoms with Gasteiger partial charge in [-0.25, -0.2) is 0 Å². The molecular formula is C16H21NS. The van der Waals surface area contributed by atoms with Crippen molar-refractivity contribution in [3.63, 3.8) is 0 Å². The molecular weight excluding hydrogens is 238 g/mol. The van der Waals surface area contributed by atoms with Crippen LogP contribution in [0, 0.1) is 13.8 Å². The Bertz CT molecular complexity index is 524. The average molecular weight is 259 g/mol. The van der Waals surface area contributed by atoms with E-state index in [2.05, 4.69) is 62.2 Å². The van der Waals surface area contributed by atoms with Gasteiger partial charge in [-0.3, -0.25) is 0 Å². The molecule has 1 nitrogen and oxygen atoms in total. The van der Waals surface area contributed by atoms with Crippen molar-refractivity contribution in [3.8, 4) is 11.1 Å². The third-order valence-corrected chi connectivity index (χ3v) is 4.33. The molecule has 2 heteroatoms. The number of nitrogens with zero attached hydrogens (tertiary/aromatic N) is 1. The normalized spacial score (nSPS) is 10.7. The van der Waals surface area contributed by atoms with E-state index >= 15 is 0 Å². The number of benzene rings is 1. The second kappa shape index (κ2) is 5.57.